The highest BCUT2D eigenvalue weighted by atomic mass is 32.1. The monoisotopic (exact) mass is 239 g/mol. The first-order valence-electron chi connectivity index (χ1n) is 6.20. The third kappa shape index (κ3) is 4.20. The van der Waals surface area contributed by atoms with E-state index < -0.39 is 0 Å². The van der Waals surface area contributed by atoms with Crippen molar-refractivity contribution in [2.45, 2.75) is 44.7 Å². The van der Waals surface area contributed by atoms with Crippen molar-refractivity contribution in [1.29, 1.82) is 0 Å². The maximum atomic E-state index is 4.58. The summed E-state index contributed by atoms with van der Waals surface area (Å²) in [5, 5.41) is 10.1. The van der Waals surface area contributed by atoms with E-state index in [-0.39, 0.29) is 0 Å². The molecule has 0 radical (unpaired) electrons. The van der Waals surface area contributed by atoms with Gasteiger partial charge in [-0.05, 0) is 45.7 Å². The van der Waals surface area contributed by atoms with E-state index in [9.17, 15) is 0 Å². The van der Waals surface area contributed by atoms with E-state index in [1.807, 2.05) is 7.05 Å². The molecule has 0 saturated heterocycles. The number of rotatable bonds is 8. The van der Waals surface area contributed by atoms with Gasteiger partial charge in [0.1, 0.15) is 5.01 Å². The largest absolute Gasteiger partial charge is 0.314 e. The van der Waals surface area contributed by atoms with Gasteiger partial charge in [0.25, 0.3) is 0 Å². The van der Waals surface area contributed by atoms with E-state index >= 15 is 0 Å². The third-order valence-electron chi connectivity index (χ3n) is 2.80. The SMILES string of the molecule is CNCc1nc(CCCCNC2CC2)cs1. The lowest BCUT2D eigenvalue weighted by Gasteiger charge is -2.01. The molecule has 0 amide bonds. The van der Waals surface area contributed by atoms with Crippen molar-refractivity contribution in [3.8, 4) is 0 Å². The van der Waals surface area contributed by atoms with Crippen LogP contribution in [-0.2, 0) is 13.0 Å². The Balaban J connectivity index is 1.56. The lowest BCUT2D eigenvalue weighted by Crippen LogP contribution is -2.17. The van der Waals surface area contributed by atoms with Crippen molar-refractivity contribution < 1.29 is 0 Å². The lowest BCUT2D eigenvalue weighted by atomic mass is 10.2. The first kappa shape index (κ1) is 12.0. The Hall–Kier alpha value is -0.450. The maximum Gasteiger partial charge on any atom is 0.107 e. The van der Waals surface area contributed by atoms with E-state index in [0.717, 1.165) is 19.0 Å². The highest BCUT2D eigenvalue weighted by Crippen LogP contribution is 2.18. The molecule has 16 heavy (non-hydrogen) atoms. The molecule has 1 aromatic heterocycles. The van der Waals surface area contributed by atoms with Gasteiger partial charge in [0.05, 0.1) is 5.69 Å². The standard InChI is InChI=1S/C12H21N3S/c1-13-8-12-15-11(9-16-12)4-2-3-7-14-10-5-6-10/h9-10,13-14H,2-8H2,1H3. The minimum absolute atomic E-state index is 0.849. The first-order valence-corrected chi connectivity index (χ1v) is 7.07. The number of thiazole rings is 1. The summed E-state index contributed by atoms with van der Waals surface area (Å²) in [5.41, 5.74) is 1.27. The normalized spacial score (nSPS) is 15.6. The van der Waals surface area contributed by atoms with Crippen LogP contribution in [0.2, 0.25) is 0 Å². The molecule has 1 aliphatic carbocycles. The van der Waals surface area contributed by atoms with Crippen LogP contribution in [0, 0.1) is 0 Å². The van der Waals surface area contributed by atoms with Crippen LogP contribution in [0.15, 0.2) is 5.38 Å². The summed E-state index contributed by atoms with van der Waals surface area (Å²) < 4.78 is 0. The van der Waals surface area contributed by atoms with Crippen LogP contribution in [-0.4, -0.2) is 24.6 Å². The van der Waals surface area contributed by atoms with Gasteiger partial charge in [0, 0.05) is 18.0 Å². The quantitative estimate of drug-likeness (QED) is 0.681. The van der Waals surface area contributed by atoms with Crippen LogP contribution >= 0.6 is 11.3 Å². The average Bonchev–Trinajstić information content (AvgIpc) is 2.99. The van der Waals surface area contributed by atoms with Crippen LogP contribution in [0.1, 0.15) is 36.4 Å². The second kappa shape index (κ2) is 6.33. The molecule has 1 saturated carbocycles. The fourth-order valence-corrected chi connectivity index (χ4v) is 2.56. The summed E-state index contributed by atoms with van der Waals surface area (Å²) in [5.74, 6) is 0. The summed E-state index contributed by atoms with van der Waals surface area (Å²) in [6.45, 7) is 2.08. The lowest BCUT2D eigenvalue weighted by molar-refractivity contribution is 0.617. The molecule has 3 nitrogen and oxygen atoms in total. The number of hydrogen-bond acceptors (Lipinski definition) is 4. The zero-order chi connectivity index (χ0) is 11.2. The Morgan fingerprint density at radius 1 is 1.44 bits per heavy atom. The molecule has 2 rings (SSSR count). The Bertz CT molecular complexity index is 307. The second-order valence-corrected chi connectivity index (χ2v) is 5.39. The molecule has 4 heteroatoms. The minimum atomic E-state index is 0.849. The van der Waals surface area contributed by atoms with Crippen LogP contribution in [0.25, 0.3) is 0 Å². The van der Waals surface area contributed by atoms with E-state index in [1.165, 1.54) is 42.9 Å². The average molecular weight is 239 g/mol. The molecule has 0 spiro atoms. The van der Waals surface area contributed by atoms with Crippen LogP contribution in [0.5, 0.6) is 0 Å². The van der Waals surface area contributed by atoms with Crippen molar-refractivity contribution in [3.05, 3.63) is 16.1 Å². The molecule has 2 N–H and O–H groups in total. The minimum Gasteiger partial charge on any atom is -0.314 e. The molecular weight excluding hydrogens is 218 g/mol. The third-order valence-corrected chi connectivity index (χ3v) is 3.69. The number of aryl methyl sites for hydroxylation is 1. The summed E-state index contributed by atoms with van der Waals surface area (Å²) in [4.78, 5) is 4.58. The second-order valence-electron chi connectivity index (χ2n) is 4.45. The predicted molar refractivity (Wildman–Crippen MR) is 68.8 cm³/mol. The fraction of sp³-hybridized carbons (Fsp3) is 0.750. The summed E-state index contributed by atoms with van der Waals surface area (Å²) >= 11 is 1.76. The Kier molecular flexibility index (Phi) is 4.75. The number of hydrogen-bond donors (Lipinski definition) is 2. The van der Waals surface area contributed by atoms with Gasteiger partial charge in [-0.2, -0.15) is 0 Å². The van der Waals surface area contributed by atoms with Crippen molar-refractivity contribution in [2.24, 2.45) is 0 Å². The zero-order valence-electron chi connectivity index (χ0n) is 9.96. The van der Waals surface area contributed by atoms with Gasteiger partial charge in [-0.25, -0.2) is 4.98 Å². The molecule has 0 atom stereocenters. The molecule has 1 aliphatic rings. The molecule has 0 unspecified atom stereocenters. The predicted octanol–water partition coefficient (Wildman–Crippen LogP) is 1.94. The number of aromatic nitrogens is 1. The Morgan fingerprint density at radius 3 is 3.06 bits per heavy atom. The summed E-state index contributed by atoms with van der Waals surface area (Å²) in [6.07, 6.45) is 6.43. The van der Waals surface area contributed by atoms with Gasteiger partial charge in [-0.3, -0.25) is 0 Å². The highest BCUT2D eigenvalue weighted by Gasteiger charge is 2.19. The van der Waals surface area contributed by atoms with Gasteiger partial charge in [-0.15, -0.1) is 11.3 Å². The Morgan fingerprint density at radius 2 is 2.31 bits per heavy atom. The van der Waals surface area contributed by atoms with Gasteiger partial charge < -0.3 is 10.6 Å². The molecule has 1 fully saturated rings. The zero-order valence-corrected chi connectivity index (χ0v) is 10.8. The van der Waals surface area contributed by atoms with Gasteiger partial charge >= 0.3 is 0 Å². The van der Waals surface area contributed by atoms with Crippen LogP contribution in [0.4, 0.5) is 0 Å². The van der Waals surface area contributed by atoms with E-state index in [0.29, 0.717) is 0 Å². The Labute approximate surface area is 102 Å². The van der Waals surface area contributed by atoms with Crippen molar-refractivity contribution >= 4 is 11.3 Å². The summed E-state index contributed by atoms with van der Waals surface area (Å²) in [6, 6.07) is 0.849. The summed E-state index contributed by atoms with van der Waals surface area (Å²) in [7, 11) is 1.96. The smallest absolute Gasteiger partial charge is 0.107 e. The molecule has 1 heterocycles. The first-order chi connectivity index (χ1) is 7.88. The maximum absolute atomic E-state index is 4.58. The van der Waals surface area contributed by atoms with Crippen molar-refractivity contribution in [1.82, 2.24) is 15.6 Å². The molecular formula is C12H21N3S. The van der Waals surface area contributed by atoms with Gasteiger partial charge in [0.15, 0.2) is 0 Å². The topological polar surface area (TPSA) is 37.0 Å². The molecule has 90 valence electrons. The van der Waals surface area contributed by atoms with Gasteiger partial charge in [0.2, 0.25) is 0 Å². The number of nitrogens with one attached hydrogen (secondary N) is 2. The van der Waals surface area contributed by atoms with Crippen molar-refractivity contribution in [3.63, 3.8) is 0 Å². The molecule has 0 aromatic carbocycles. The fourth-order valence-electron chi connectivity index (χ4n) is 1.72. The van der Waals surface area contributed by atoms with E-state index in [4.69, 9.17) is 0 Å². The van der Waals surface area contributed by atoms with Crippen LogP contribution in [0.3, 0.4) is 0 Å². The van der Waals surface area contributed by atoms with E-state index in [2.05, 4.69) is 21.0 Å². The van der Waals surface area contributed by atoms with Crippen molar-refractivity contribution in [2.75, 3.05) is 13.6 Å². The molecule has 1 aromatic rings. The van der Waals surface area contributed by atoms with Gasteiger partial charge in [-0.1, -0.05) is 0 Å². The molecule has 0 aliphatic heterocycles. The van der Waals surface area contributed by atoms with E-state index in [1.54, 1.807) is 11.3 Å². The number of nitrogens with zero attached hydrogens (tertiary/aromatic N) is 1. The highest BCUT2D eigenvalue weighted by molar-refractivity contribution is 7.09. The van der Waals surface area contributed by atoms with Crippen LogP contribution < -0.4 is 10.6 Å². The molecule has 0 bridgehead atoms. The number of unbranched alkanes of at least 4 members (excludes halogenated alkanes) is 1.